The minimum atomic E-state index is -3.64. The van der Waals surface area contributed by atoms with Gasteiger partial charge in [-0.2, -0.15) is 4.39 Å². The maximum Gasteiger partial charge on any atom is 0.322 e. The lowest BCUT2D eigenvalue weighted by Crippen LogP contribution is -1.64. The first-order chi connectivity index (χ1) is 4.27. The quantitative estimate of drug-likeness (QED) is 0.634. The van der Waals surface area contributed by atoms with Crippen LogP contribution in [0.15, 0.2) is 11.1 Å². The minimum absolute atomic E-state index is 0.167. The molecule has 7 heteroatoms. The summed E-state index contributed by atoms with van der Waals surface area (Å²) in [6.07, 6.45) is -0.167. The van der Waals surface area contributed by atoms with Crippen molar-refractivity contribution in [1.82, 2.24) is 0 Å². The highest BCUT2D eigenvalue weighted by atomic mass is 79.9. The second kappa shape index (κ2) is 5.97. The molecule has 0 fully saturated rings. The maximum absolute atomic E-state index is 10.8. The highest BCUT2D eigenvalue weighted by Gasteiger charge is 1.95. The molecule has 0 aromatic heterocycles. The third-order valence-electron chi connectivity index (χ3n) is 0.0825. The Hall–Kier alpha value is 0.230. The Morgan fingerprint density at radius 1 is 1.70 bits per heavy atom. The third-order valence-corrected chi connectivity index (χ3v) is 0.256. The van der Waals surface area contributed by atoms with Crippen LogP contribution >= 0.6 is 23.5 Å². The lowest BCUT2D eigenvalue weighted by atomic mass is 11.2. The summed E-state index contributed by atoms with van der Waals surface area (Å²) in [4.78, 5) is 15.3. The van der Waals surface area contributed by atoms with Crippen LogP contribution in [0.25, 0.3) is 0 Å². The Morgan fingerprint density at radius 2 is 1.80 bits per heavy atom. The molecule has 0 aliphatic rings. The maximum atomic E-state index is 10.8. The first kappa shape index (κ1) is 12.9. The van der Waals surface area contributed by atoms with Crippen LogP contribution in [0.4, 0.5) is 8.78 Å². The van der Waals surface area contributed by atoms with Gasteiger partial charge in [0.05, 0.1) is 0 Å². The Balaban J connectivity index is 0. The van der Waals surface area contributed by atoms with Crippen molar-refractivity contribution in [3.8, 4) is 0 Å². The van der Waals surface area contributed by atoms with Gasteiger partial charge in [-0.3, -0.25) is 4.57 Å². The van der Waals surface area contributed by atoms with E-state index in [1.165, 1.54) is 0 Å². The summed E-state index contributed by atoms with van der Waals surface area (Å²) >= 11 is 2.19. The second-order valence-corrected chi connectivity index (χ2v) is 3.66. The van der Waals surface area contributed by atoms with E-state index in [0.717, 1.165) is 6.66 Å². The number of rotatable bonds is 0. The normalized spacial score (nSPS) is 12.0. The van der Waals surface area contributed by atoms with Crippen molar-refractivity contribution in [1.29, 1.82) is 0 Å². The number of halogens is 3. The van der Waals surface area contributed by atoms with Gasteiger partial charge in [-0.15, -0.1) is 0 Å². The van der Waals surface area contributed by atoms with Gasteiger partial charge in [-0.25, -0.2) is 4.39 Å². The molecule has 0 aliphatic heterocycles. The van der Waals surface area contributed by atoms with E-state index in [4.69, 9.17) is 9.79 Å². The smallest absolute Gasteiger partial charge is 0.322 e. The lowest BCUT2D eigenvalue weighted by Gasteiger charge is -1.84. The molecular formula is C3H6BrF2O3P. The van der Waals surface area contributed by atoms with Crippen LogP contribution in [0.1, 0.15) is 0 Å². The molecule has 0 spiro atoms. The lowest BCUT2D eigenvalue weighted by molar-refractivity contribution is 0.381. The van der Waals surface area contributed by atoms with Crippen LogP contribution in [0, 0.1) is 0 Å². The van der Waals surface area contributed by atoms with Crippen LogP contribution in [0.5, 0.6) is 0 Å². The predicted molar refractivity (Wildman–Crippen MR) is 37.2 cm³/mol. The van der Waals surface area contributed by atoms with E-state index in [1.54, 1.807) is 0 Å². The van der Waals surface area contributed by atoms with E-state index >= 15 is 0 Å². The summed E-state index contributed by atoms with van der Waals surface area (Å²) in [5.74, 6) is 0. The molecule has 0 bridgehead atoms. The van der Waals surface area contributed by atoms with Crippen molar-refractivity contribution < 1.29 is 23.1 Å². The minimum Gasteiger partial charge on any atom is -0.325 e. The molecule has 0 aliphatic carbocycles. The predicted octanol–water partition coefficient (Wildman–Crippen LogP) is 1.91. The average Bonchev–Trinajstić information content (AvgIpc) is 1.61. The van der Waals surface area contributed by atoms with E-state index in [0.29, 0.717) is 0 Å². The molecule has 3 nitrogen and oxygen atoms in total. The molecular weight excluding hydrogens is 233 g/mol. The van der Waals surface area contributed by atoms with Crippen LogP contribution in [-0.2, 0) is 4.57 Å². The number of hydrogen-bond donors (Lipinski definition) is 2. The van der Waals surface area contributed by atoms with Gasteiger partial charge < -0.3 is 9.79 Å². The Bertz CT molecular complexity index is 142. The van der Waals surface area contributed by atoms with Crippen molar-refractivity contribution in [2.45, 2.75) is 0 Å². The van der Waals surface area contributed by atoms with Crippen molar-refractivity contribution in [3.63, 3.8) is 0 Å². The molecule has 10 heavy (non-hydrogen) atoms. The zero-order chi connectivity index (χ0) is 8.78. The van der Waals surface area contributed by atoms with Gasteiger partial charge in [0.1, 0.15) is 6.33 Å². The molecule has 0 aromatic rings. The van der Waals surface area contributed by atoms with Gasteiger partial charge in [-0.1, -0.05) is 0 Å². The zero-order valence-corrected chi connectivity index (χ0v) is 7.44. The molecule has 0 saturated carbocycles. The molecule has 0 amide bonds. The molecule has 62 valence electrons. The molecule has 0 saturated heterocycles. The van der Waals surface area contributed by atoms with Crippen molar-refractivity contribution in [2.24, 2.45) is 0 Å². The Labute approximate surface area is 65.0 Å². The SMILES string of the molecule is CP(=O)(O)O.FC=C(F)Br. The van der Waals surface area contributed by atoms with Crippen molar-refractivity contribution in [3.05, 3.63) is 11.1 Å². The molecule has 0 heterocycles. The largest absolute Gasteiger partial charge is 0.325 e. The van der Waals surface area contributed by atoms with Crippen molar-refractivity contribution >= 4 is 23.5 Å². The van der Waals surface area contributed by atoms with E-state index in [-0.39, 0.29) is 6.33 Å². The van der Waals surface area contributed by atoms with Gasteiger partial charge in [0.25, 0.3) is 0 Å². The van der Waals surface area contributed by atoms with Gasteiger partial charge >= 0.3 is 7.60 Å². The summed E-state index contributed by atoms with van der Waals surface area (Å²) in [5.41, 5.74) is 0. The standard InChI is InChI=1S/C2HBrF2.CH5O3P/c3-2(5)1-4;1-5(2,3)4/h1H;1H3,(H2,2,3,4). The van der Waals surface area contributed by atoms with Gasteiger partial charge in [0.2, 0.25) is 0 Å². The van der Waals surface area contributed by atoms with E-state index in [9.17, 15) is 13.3 Å². The van der Waals surface area contributed by atoms with Gasteiger partial charge in [0, 0.05) is 6.66 Å². The Morgan fingerprint density at radius 3 is 1.80 bits per heavy atom. The molecule has 0 aromatic carbocycles. The molecule has 0 rings (SSSR count). The number of hydrogen-bond acceptors (Lipinski definition) is 1. The summed E-state index contributed by atoms with van der Waals surface area (Å²) in [6.45, 7) is 0.854. The van der Waals surface area contributed by atoms with E-state index in [1.807, 2.05) is 0 Å². The fourth-order valence-corrected chi connectivity index (χ4v) is 0. The topological polar surface area (TPSA) is 57.5 Å². The van der Waals surface area contributed by atoms with Gasteiger partial charge in [0.15, 0.2) is 4.74 Å². The average molecular weight is 239 g/mol. The van der Waals surface area contributed by atoms with Crippen LogP contribution in [-0.4, -0.2) is 16.5 Å². The zero-order valence-electron chi connectivity index (χ0n) is 4.96. The first-order valence-corrected chi connectivity index (χ1v) is 4.77. The molecule has 0 radical (unpaired) electrons. The highest BCUT2D eigenvalue weighted by molar-refractivity contribution is 9.11. The first-order valence-electron chi connectivity index (χ1n) is 1.91. The fourth-order valence-electron chi connectivity index (χ4n) is 0. The molecule has 2 N–H and O–H groups in total. The molecule has 0 atom stereocenters. The molecule has 0 unspecified atom stereocenters. The summed E-state index contributed by atoms with van der Waals surface area (Å²) in [6, 6.07) is 0. The fraction of sp³-hybridized carbons (Fsp3) is 0.333. The van der Waals surface area contributed by atoms with Crippen LogP contribution < -0.4 is 0 Å². The monoisotopic (exact) mass is 238 g/mol. The van der Waals surface area contributed by atoms with Gasteiger partial charge in [-0.05, 0) is 15.9 Å². The second-order valence-electron chi connectivity index (χ2n) is 1.23. The summed E-state index contributed by atoms with van der Waals surface area (Å²) in [7, 11) is -3.64. The van der Waals surface area contributed by atoms with E-state index < -0.39 is 12.3 Å². The Kier molecular flexibility index (Phi) is 7.69. The van der Waals surface area contributed by atoms with E-state index in [2.05, 4.69) is 15.9 Å². The highest BCUT2D eigenvalue weighted by Crippen LogP contribution is 2.26. The summed E-state index contributed by atoms with van der Waals surface area (Å²) < 4.78 is 29.7. The summed E-state index contributed by atoms with van der Waals surface area (Å²) in [5, 5.41) is 0. The van der Waals surface area contributed by atoms with Crippen LogP contribution in [0.2, 0.25) is 0 Å². The third kappa shape index (κ3) is 86.5. The van der Waals surface area contributed by atoms with Crippen molar-refractivity contribution in [2.75, 3.05) is 6.66 Å². The van der Waals surface area contributed by atoms with Crippen LogP contribution in [0.3, 0.4) is 0 Å².